The summed E-state index contributed by atoms with van der Waals surface area (Å²) in [4.78, 5) is 13.9. The minimum Gasteiger partial charge on any atom is -0.315 e. The number of hydrogen-bond donors (Lipinski definition) is 0. The molecule has 150 valence electrons. The maximum Gasteiger partial charge on any atom is 0.235 e. The van der Waals surface area contributed by atoms with Gasteiger partial charge in [0.05, 0.1) is 22.1 Å². The molecule has 3 aromatic carbocycles. The van der Waals surface area contributed by atoms with Crippen molar-refractivity contribution >= 4 is 43.6 Å². The zero-order valence-corrected chi connectivity index (χ0v) is 17.1. The summed E-state index contributed by atoms with van der Waals surface area (Å²) in [6.45, 7) is 0. The molecule has 32 heavy (non-hydrogen) atoms. The van der Waals surface area contributed by atoms with Crippen molar-refractivity contribution in [2.24, 2.45) is 0 Å². The second-order valence-electron chi connectivity index (χ2n) is 7.88. The average Bonchev–Trinajstić information content (AvgIpc) is 3.43. The molecule has 0 atom stereocenters. The van der Waals surface area contributed by atoms with Crippen LogP contribution in [0.2, 0.25) is 0 Å². The summed E-state index contributed by atoms with van der Waals surface area (Å²) in [6.07, 6.45) is 7.55. The largest absolute Gasteiger partial charge is 0.315 e. The van der Waals surface area contributed by atoms with Gasteiger partial charge in [-0.3, -0.25) is 9.55 Å². The molecule has 5 heteroatoms. The predicted molar refractivity (Wildman–Crippen MR) is 129 cm³/mol. The molecule has 4 aromatic heterocycles. The Bertz CT molecular complexity index is 1780. The number of benzene rings is 3. The van der Waals surface area contributed by atoms with Crippen LogP contribution >= 0.6 is 0 Å². The minimum absolute atomic E-state index is 0.656. The summed E-state index contributed by atoms with van der Waals surface area (Å²) in [5.41, 5.74) is 5.33. The number of aromatic nitrogens is 5. The highest BCUT2D eigenvalue weighted by molar-refractivity contribution is 6.18. The van der Waals surface area contributed by atoms with Crippen LogP contribution in [0.1, 0.15) is 0 Å². The lowest BCUT2D eigenvalue weighted by atomic mass is 10.1. The molecule has 0 aliphatic heterocycles. The van der Waals surface area contributed by atoms with E-state index < -0.39 is 0 Å². The lowest BCUT2D eigenvalue weighted by Gasteiger charge is -2.11. The molecular formula is C27H17N5. The first kappa shape index (κ1) is 17.2. The fraction of sp³-hybridized carbons (Fsp3) is 0. The summed E-state index contributed by atoms with van der Waals surface area (Å²) in [5, 5.41) is 4.47. The molecule has 0 amide bonds. The Morgan fingerprint density at radius 3 is 2.47 bits per heavy atom. The molecule has 0 radical (unpaired) electrons. The number of rotatable bonds is 2. The lowest BCUT2D eigenvalue weighted by Crippen LogP contribution is -2.02. The standard InChI is InChI=1S/C27H17N5/c1-2-6-20(7-3-1)31-15-13-18-10-11-22-21-8-4-5-9-24(21)32(26(22)25(18)31)27-29-17-19-16-28-14-12-23(19)30-27/h1-17H. The summed E-state index contributed by atoms with van der Waals surface area (Å²) >= 11 is 0. The van der Waals surface area contributed by atoms with Gasteiger partial charge in [0.1, 0.15) is 0 Å². The van der Waals surface area contributed by atoms with Crippen LogP contribution in [0.3, 0.4) is 0 Å². The molecule has 0 saturated heterocycles. The average molecular weight is 411 g/mol. The van der Waals surface area contributed by atoms with Gasteiger partial charge in [0.15, 0.2) is 0 Å². The Morgan fingerprint density at radius 1 is 0.656 bits per heavy atom. The number of para-hydroxylation sites is 2. The smallest absolute Gasteiger partial charge is 0.235 e. The Morgan fingerprint density at radius 2 is 1.53 bits per heavy atom. The third-order valence-electron chi connectivity index (χ3n) is 6.09. The summed E-state index contributed by atoms with van der Waals surface area (Å²) in [7, 11) is 0. The fourth-order valence-corrected chi connectivity index (χ4v) is 4.66. The van der Waals surface area contributed by atoms with Gasteiger partial charge in [0.2, 0.25) is 5.95 Å². The number of pyridine rings is 1. The van der Waals surface area contributed by atoms with E-state index >= 15 is 0 Å². The lowest BCUT2D eigenvalue weighted by molar-refractivity contribution is 1.01. The van der Waals surface area contributed by atoms with Crippen LogP contribution in [0.4, 0.5) is 0 Å². The summed E-state index contributed by atoms with van der Waals surface area (Å²) < 4.78 is 4.43. The van der Waals surface area contributed by atoms with E-state index in [-0.39, 0.29) is 0 Å². The minimum atomic E-state index is 0.656. The molecule has 0 saturated carbocycles. The van der Waals surface area contributed by atoms with Crippen LogP contribution in [-0.4, -0.2) is 24.1 Å². The molecule has 0 N–H and O–H groups in total. The van der Waals surface area contributed by atoms with Crippen LogP contribution in [0.25, 0.3) is 55.2 Å². The molecule has 0 aliphatic carbocycles. The van der Waals surface area contributed by atoms with Crippen LogP contribution in [0, 0.1) is 0 Å². The highest BCUT2D eigenvalue weighted by atomic mass is 15.2. The second-order valence-corrected chi connectivity index (χ2v) is 7.88. The Balaban J connectivity index is 1.68. The van der Waals surface area contributed by atoms with Gasteiger partial charge in [-0.15, -0.1) is 0 Å². The van der Waals surface area contributed by atoms with Gasteiger partial charge in [-0.25, -0.2) is 9.97 Å². The van der Waals surface area contributed by atoms with Gasteiger partial charge >= 0.3 is 0 Å². The van der Waals surface area contributed by atoms with Gasteiger partial charge in [-0.1, -0.05) is 48.5 Å². The first-order valence-corrected chi connectivity index (χ1v) is 10.5. The first-order chi connectivity index (χ1) is 15.9. The van der Waals surface area contributed by atoms with Gasteiger partial charge in [0.25, 0.3) is 0 Å². The fourth-order valence-electron chi connectivity index (χ4n) is 4.66. The Kier molecular flexibility index (Phi) is 3.49. The van der Waals surface area contributed by atoms with Crippen LogP contribution in [-0.2, 0) is 0 Å². The van der Waals surface area contributed by atoms with Crippen LogP contribution in [0.5, 0.6) is 0 Å². The van der Waals surface area contributed by atoms with Gasteiger partial charge in [0, 0.05) is 52.0 Å². The molecule has 4 heterocycles. The number of nitrogens with zero attached hydrogens (tertiary/aromatic N) is 5. The van der Waals surface area contributed by atoms with E-state index in [4.69, 9.17) is 9.97 Å². The third kappa shape index (κ3) is 2.36. The molecule has 0 bridgehead atoms. The van der Waals surface area contributed by atoms with Crippen molar-refractivity contribution in [2.75, 3.05) is 0 Å². The maximum absolute atomic E-state index is 4.91. The van der Waals surface area contributed by atoms with E-state index in [9.17, 15) is 0 Å². The molecule has 0 unspecified atom stereocenters. The quantitative estimate of drug-likeness (QED) is 0.347. The van der Waals surface area contributed by atoms with Crippen molar-refractivity contribution in [2.45, 2.75) is 0 Å². The van der Waals surface area contributed by atoms with E-state index in [1.54, 1.807) is 12.4 Å². The summed E-state index contributed by atoms with van der Waals surface area (Å²) in [5.74, 6) is 0.656. The molecule has 7 aromatic rings. The van der Waals surface area contributed by atoms with Crippen LogP contribution in [0.15, 0.2) is 104 Å². The van der Waals surface area contributed by atoms with E-state index in [2.05, 4.69) is 87.0 Å². The topological polar surface area (TPSA) is 48.5 Å². The van der Waals surface area contributed by atoms with Crippen molar-refractivity contribution in [3.05, 3.63) is 104 Å². The monoisotopic (exact) mass is 411 g/mol. The molecule has 5 nitrogen and oxygen atoms in total. The Hall–Kier alpha value is -4.51. The summed E-state index contributed by atoms with van der Waals surface area (Å²) in [6, 6.07) is 27.4. The molecule has 0 fully saturated rings. The van der Waals surface area contributed by atoms with Crippen LogP contribution < -0.4 is 0 Å². The van der Waals surface area contributed by atoms with Crippen molar-refractivity contribution < 1.29 is 0 Å². The van der Waals surface area contributed by atoms with E-state index in [0.717, 1.165) is 33.1 Å². The third-order valence-corrected chi connectivity index (χ3v) is 6.09. The van der Waals surface area contributed by atoms with E-state index in [1.165, 1.54) is 16.2 Å². The normalized spacial score (nSPS) is 11.8. The van der Waals surface area contributed by atoms with E-state index in [0.29, 0.717) is 5.95 Å². The van der Waals surface area contributed by atoms with Gasteiger partial charge in [-0.2, -0.15) is 0 Å². The first-order valence-electron chi connectivity index (χ1n) is 10.5. The second kappa shape index (κ2) is 6.49. The van der Waals surface area contributed by atoms with E-state index in [1.807, 2.05) is 18.3 Å². The van der Waals surface area contributed by atoms with Crippen molar-refractivity contribution in [3.8, 4) is 11.6 Å². The molecular weight excluding hydrogens is 394 g/mol. The maximum atomic E-state index is 4.91. The number of hydrogen-bond acceptors (Lipinski definition) is 3. The molecule has 0 spiro atoms. The SMILES string of the molecule is c1ccc(-n2ccc3ccc4c5ccccc5n(-c5ncc6cnccc6n5)c4c32)cc1. The zero-order chi connectivity index (χ0) is 21.1. The van der Waals surface area contributed by atoms with Crippen molar-refractivity contribution in [3.63, 3.8) is 0 Å². The Labute approximate surface area is 183 Å². The predicted octanol–water partition coefficient (Wildman–Crippen LogP) is 6.07. The zero-order valence-electron chi connectivity index (χ0n) is 17.1. The number of fused-ring (bicyclic) bond motifs is 6. The van der Waals surface area contributed by atoms with Crippen molar-refractivity contribution in [1.29, 1.82) is 0 Å². The van der Waals surface area contributed by atoms with Gasteiger partial charge < -0.3 is 4.57 Å². The van der Waals surface area contributed by atoms with Gasteiger partial charge in [-0.05, 0) is 30.3 Å². The molecule has 0 aliphatic rings. The van der Waals surface area contributed by atoms with Crippen molar-refractivity contribution in [1.82, 2.24) is 24.1 Å². The molecule has 7 rings (SSSR count). The highest BCUT2D eigenvalue weighted by Gasteiger charge is 2.19. The highest BCUT2D eigenvalue weighted by Crippen LogP contribution is 2.37.